The number of carbonyl (C=O) groups excluding carboxylic acids is 1. The molecular formula is C25H30N4O3S. The Hall–Kier alpha value is -2.84. The molecule has 4 rings (SSSR count). The first-order valence-electron chi connectivity index (χ1n) is 11.2. The Bertz CT molecular complexity index is 1080. The minimum absolute atomic E-state index is 0.0640. The Morgan fingerprint density at radius 3 is 2.55 bits per heavy atom. The number of rotatable bonds is 9. The lowest BCUT2D eigenvalue weighted by atomic mass is 10.1. The second-order valence-corrected chi connectivity index (χ2v) is 9.14. The standard InChI is InChI=1S/C25H30N4O3S/c1-18(16-31-2)29-23(21-7-6-8-22(15-21)32-3)26-27-25(29)33-17-19-9-11-20(12-10-19)24(30)28-13-4-5-14-28/h6-12,15,18H,4-5,13-14,16-17H2,1-3H3. The number of ether oxygens (including phenoxy) is 2. The van der Waals surface area contributed by atoms with E-state index in [0.717, 1.165) is 65.1 Å². The van der Waals surface area contributed by atoms with Gasteiger partial charge in [0.15, 0.2) is 11.0 Å². The van der Waals surface area contributed by atoms with Crippen LogP contribution in [0.2, 0.25) is 0 Å². The highest BCUT2D eigenvalue weighted by molar-refractivity contribution is 7.98. The predicted octanol–water partition coefficient (Wildman–Crippen LogP) is 4.69. The van der Waals surface area contributed by atoms with Crippen molar-refractivity contribution in [2.45, 2.75) is 36.7 Å². The van der Waals surface area contributed by atoms with Crippen molar-refractivity contribution < 1.29 is 14.3 Å². The minimum Gasteiger partial charge on any atom is -0.497 e. The average molecular weight is 467 g/mol. The molecule has 2 aromatic carbocycles. The summed E-state index contributed by atoms with van der Waals surface area (Å²) in [5.74, 6) is 2.42. The average Bonchev–Trinajstić information content (AvgIpc) is 3.53. The third-order valence-electron chi connectivity index (χ3n) is 5.80. The molecule has 1 aromatic heterocycles. The summed E-state index contributed by atoms with van der Waals surface area (Å²) in [6.45, 7) is 4.37. The van der Waals surface area contributed by atoms with Gasteiger partial charge in [-0.3, -0.25) is 9.36 Å². The highest BCUT2D eigenvalue weighted by Gasteiger charge is 2.21. The molecule has 0 bridgehead atoms. The van der Waals surface area contributed by atoms with Crippen molar-refractivity contribution in [2.75, 3.05) is 33.9 Å². The quantitative estimate of drug-likeness (QED) is 0.426. The fraction of sp³-hybridized carbons (Fsp3) is 0.400. The molecule has 1 aliphatic rings. The summed E-state index contributed by atoms with van der Waals surface area (Å²) >= 11 is 1.63. The second-order valence-electron chi connectivity index (χ2n) is 8.20. The van der Waals surface area contributed by atoms with E-state index in [1.165, 1.54) is 0 Å². The molecule has 0 spiro atoms. The van der Waals surface area contributed by atoms with E-state index < -0.39 is 0 Å². The van der Waals surface area contributed by atoms with Crippen LogP contribution < -0.4 is 4.74 Å². The third kappa shape index (κ3) is 5.39. The van der Waals surface area contributed by atoms with E-state index in [4.69, 9.17) is 9.47 Å². The fourth-order valence-corrected chi connectivity index (χ4v) is 5.03. The normalized spacial score (nSPS) is 14.5. The van der Waals surface area contributed by atoms with Crippen molar-refractivity contribution in [3.05, 3.63) is 59.7 Å². The predicted molar refractivity (Wildman–Crippen MR) is 130 cm³/mol. The Kier molecular flexibility index (Phi) is 7.67. The van der Waals surface area contributed by atoms with Gasteiger partial charge in [0.25, 0.3) is 5.91 Å². The van der Waals surface area contributed by atoms with Gasteiger partial charge in [-0.1, -0.05) is 36.0 Å². The molecule has 1 aliphatic heterocycles. The molecule has 8 heteroatoms. The van der Waals surface area contributed by atoms with Gasteiger partial charge in [0.1, 0.15) is 5.75 Å². The van der Waals surface area contributed by atoms with Gasteiger partial charge in [-0.05, 0) is 49.6 Å². The van der Waals surface area contributed by atoms with Crippen LogP contribution in [0.4, 0.5) is 0 Å². The van der Waals surface area contributed by atoms with Gasteiger partial charge in [0, 0.05) is 37.1 Å². The zero-order chi connectivity index (χ0) is 23.2. The van der Waals surface area contributed by atoms with Crippen LogP contribution in [0.3, 0.4) is 0 Å². The van der Waals surface area contributed by atoms with Gasteiger partial charge in [-0.15, -0.1) is 10.2 Å². The number of likely N-dealkylation sites (tertiary alicyclic amines) is 1. The van der Waals surface area contributed by atoms with Gasteiger partial charge in [-0.2, -0.15) is 0 Å². The second kappa shape index (κ2) is 10.9. The number of hydrogen-bond donors (Lipinski definition) is 0. The first-order chi connectivity index (χ1) is 16.1. The SMILES string of the molecule is COCC(C)n1c(SCc2ccc(C(=O)N3CCCC3)cc2)nnc1-c1cccc(OC)c1. The molecule has 0 radical (unpaired) electrons. The molecule has 0 saturated carbocycles. The van der Waals surface area contributed by atoms with Gasteiger partial charge in [-0.25, -0.2) is 0 Å². The van der Waals surface area contributed by atoms with Crippen molar-refractivity contribution in [2.24, 2.45) is 0 Å². The maximum atomic E-state index is 12.6. The Morgan fingerprint density at radius 2 is 1.85 bits per heavy atom. The molecule has 0 aliphatic carbocycles. The van der Waals surface area contributed by atoms with E-state index in [2.05, 4.69) is 21.7 Å². The highest BCUT2D eigenvalue weighted by Crippen LogP contribution is 2.31. The van der Waals surface area contributed by atoms with E-state index >= 15 is 0 Å². The van der Waals surface area contributed by atoms with E-state index in [-0.39, 0.29) is 11.9 Å². The number of benzene rings is 2. The van der Waals surface area contributed by atoms with Crippen LogP contribution in [0.5, 0.6) is 5.75 Å². The van der Waals surface area contributed by atoms with E-state index in [1.807, 2.05) is 53.4 Å². The lowest BCUT2D eigenvalue weighted by Crippen LogP contribution is -2.27. The Balaban J connectivity index is 1.51. The maximum absolute atomic E-state index is 12.6. The lowest BCUT2D eigenvalue weighted by Gasteiger charge is -2.17. The van der Waals surface area contributed by atoms with E-state index in [9.17, 15) is 4.79 Å². The summed E-state index contributed by atoms with van der Waals surface area (Å²) < 4.78 is 12.9. The van der Waals surface area contributed by atoms with Crippen molar-refractivity contribution >= 4 is 17.7 Å². The summed E-state index contributed by atoms with van der Waals surface area (Å²) in [7, 11) is 3.35. The summed E-state index contributed by atoms with van der Waals surface area (Å²) in [4.78, 5) is 14.5. The van der Waals surface area contributed by atoms with Crippen LogP contribution in [0, 0.1) is 0 Å². The number of hydrogen-bond acceptors (Lipinski definition) is 6. The van der Waals surface area contributed by atoms with Gasteiger partial charge in [0.05, 0.1) is 19.8 Å². The molecule has 3 aromatic rings. The van der Waals surface area contributed by atoms with E-state index in [1.54, 1.807) is 26.0 Å². The first kappa shape index (κ1) is 23.3. The molecule has 1 unspecified atom stereocenters. The minimum atomic E-state index is 0.0640. The number of carbonyl (C=O) groups is 1. The topological polar surface area (TPSA) is 69.5 Å². The van der Waals surface area contributed by atoms with Crippen molar-refractivity contribution in [1.82, 2.24) is 19.7 Å². The summed E-state index contributed by atoms with van der Waals surface area (Å²) in [6, 6.07) is 15.8. The van der Waals surface area contributed by atoms with Crippen LogP contribution in [-0.4, -0.2) is 59.5 Å². The number of amides is 1. The molecule has 1 amide bonds. The van der Waals surface area contributed by atoms with Crippen LogP contribution in [0.15, 0.2) is 53.7 Å². The molecule has 1 atom stereocenters. The molecule has 2 heterocycles. The number of methoxy groups -OCH3 is 2. The first-order valence-corrected chi connectivity index (χ1v) is 12.2. The van der Waals surface area contributed by atoms with Crippen LogP contribution in [0.25, 0.3) is 11.4 Å². The van der Waals surface area contributed by atoms with Crippen molar-refractivity contribution in [1.29, 1.82) is 0 Å². The number of thioether (sulfide) groups is 1. The van der Waals surface area contributed by atoms with Gasteiger partial charge >= 0.3 is 0 Å². The zero-order valence-electron chi connectivity index (χ0n) is 19.4. The Morgan fingerprint density at radius 1 is 1.09 bits per heavy atom. The number of aromatic nitrogens is 3. The summed E-state index contributed by atoms with van der Waals surface area (Å²) in [6.07, 6.45) is 2.20. The molecule has 174 valence electrons. The van der Waals surface area contributed by atoms with Crippen molar-refractivity contribution in [3.8, 4) is 17.1 Å². The maximum Gasteiger partial charge on any atom is 0.253 e. The zero-order valence-corrected chi connectivity index (χ0v) is 20.2. The third-order valence-corrected chi connectivity index (χ3v) is 6.82. The molecule has 1 fully saturated rings. The van der Waals surface area contributed by atoms with Gasteiger partial charge in [0.2, 0.25) is 0 Å². The molecule has 7 nitrogen and oxygen atoms in total. The van der Waals surface area contributed by atoms with Crippen molar-refractivity contribution in [3.63, 3.8) is 0 Å². The Labute approximate surface area is 199 Å². The van der Waals surface area contributed by atoms with Gasteiger partial charge < -0.3 is 14.4 Å². The molecule has 0 N–H and O–H groups in total. The molecule has 33 heavy (non-hydrogen) atoms. The lowest BCUT2D eigenvalue weighted by molar-refractivity contribution is 0.0793. The molecule has 1 saturated heterocycles. The smallest absolute Gasteiger partial charge is 0.253 e. The highest BCUT2D eigenvalue weighted by atomic mass is 32.2. The summed E-state index contributed by atoms with van der Waals surface area (Å²) in [5.41, 5.74) is 2.83. The van der Waals surface area contributed by atoms with Crippen LogP contribution >= 0.6 is 11.8 Å². The molecular weight excluding hydrogens is 436 g/mol. The fourth-order valence-electron chi connectivity index (χ4n) is 4.04. The van der Waals surface area contributed by atoms with Crippen LogP contribution in [-0.2, 0) is 10.5 Å². The summed E-state index contributed by atoms with van der Waals surface area (Å²) in [5, 5.41) is 9.80. The largest absolute Gasteiger partial charge is 0.497 e. The number of nitrogens with zero attached hydrogens (tertiary/aromatic N) is 4. The van der Waals surface area contributed by atoms with Crippen LogP contribution in [0.1, 0.15) is 41.7 Å². The monoisotopic (exact) mass is 466 g/mol. The van der Waals surface area contributed by atoms with E-state index in [0.29, 0.717) is 6.61 Å².